The number of thioether (sulfide) groups is 1. The van der Waals surface area contributed by atoms with Gasteiger partial charge in [-0.1, -0.05) is 29.4 Å². The van der Waals surface area contributed by atoms with Crippen LogP contribution in [-0.2, 0) is 12.8 Å². The average Bonchev–Trinajstić information content (AvgIpc) is 3.02. The van der Waals surface area contributed by atoms with Crippen LogP contribution in [0.25, 0.3) is 0 Å². The van der Waals surface area contributed by atoms with E-state index in [1.807, 2.05) is 0 Å². The molecule has 0 saturated carbocycles. The zero-order valence-electron chi connectivity index (χ0n) is 12.3. The van der Waals surface area contributed by atoms with Gasteiger partial charge >= 0.3 is 0 Å². The van der Waals surface area contributed by atoms with Gasteiger partial charge in [-0.05, 0) is 48.8 Å². The van der Waals surface area contributed by atoms with Gasteiger partial charge in [-0.15, -0.1) is 0 Å². The summed E-state index contributed by atoms with van der Waals surface area (Å²) in [4.78, 5) is 4.55. The first-order valence-corrected chi connectivity index (χ1v) is 8.82. The highest BCUT2D eigenvalue weighted by Crippen LogP contribution is 2.31. The Labute approximate surface area is 129 Å². The minimum atomic E-state index is -0.144. The van der Waals surface area contributed by atoms with Crippen LogP contribution in [0.4, 0.5) is 0 Å². The number of hydrogen-bond donors (Lipinski definition) is 1. The maximum atomic E-state index is 6.09. The molecule has 0 saturated heterocycles. The van der Waals surface area contributed by atoms with E-state index in [4.69, 9.17) is 10.3 Å². The van der Waals surface area contributed by atoms with Crippen LogP contribution in [0.5, 0.6) is 0 Å². The molecule has 0 aliphatic heterocycles. The fourth-order valence-corrected chi connectivity index (χ4v) is 3.34. The van der Waals surface area contributed by atoms with Gasteiger partial charge in [0, 0.05) is 5.92 Å². The van der Waals surface area contributed by atoms with E-state index in [0.29, 0.717) is 11.8 Å². The largest absolute Gasteiger partial charge is 0.338 e. The molecule has 2 aromatic rings. The van der Waals surface area contributed by atoms with E-state index in [0.717, 1.165) is 37.3 Å². The van der Waals surface area contributed by atoms with Crippen LogP contribution in [0.1, 0.15) is 47.6 Å². The van der Waals surface area contributed by atoms with Gasteiger partial charge in [0.05, 0.1) is 6.04 Å². The van der Waals surface area contributed by atoms with Gasteiger partial charge in [0.15, 0.2) is 5.82 Å². The number of nitrogens with zero attached hydrogens (tertiary/aromatic N) is 2. The summed E-state index contributed by atoms with van der Waals surface area (Å²) in [5.74, 6) is 2.76. The number of rotatable bonds is 5. The molecule has 21 heavy (non-hydrogen) atoms. The third-order valence-corrected chi connectivity index (χ3v) is 4.76. The van der Waals surface area contributed by atoms with Crippen molar-refractivity contribution in [3.8, 4) is 0 Å². The van der Waals surface area contributed by atoms with Crippen molar-refractivity contribution < 1.29 is 4.52 Å². The smallest absolute Gasteiger partial charge is 0.243 e. The lowest BCUT2D eigenvalue weighted by atomic mass is 9.83. The van der Waals surface area contributed by atoms with Crippen LogP contribution < -0.4 is 5.73 Å². The number of nitrogens with two attached hydrogens (primary N) is 1. The molecule has 0 bridgehead atoms. The third-order valence-electron chi connectivity index (χ3n) is 4.12. The first kappa shape index (κ1) is 14.6. The lowest BCUT2D eigenvalue weighted by Crippen LogP contribution is -2.15. The Kier molecular flexibility index (Phi) is 4.60. The number of fused-ring (bicyclic) bond motifs is 1. The standard InChI is InChI=1S/C16H21N3OS/c1-21-9-8-14(17)16-18-15(19-20-16)13-7-6-11-4-2-3-5-12(11)10-13/h2-5,13-14H,6-10,17H2,1H3. The van der Waals surface area contributed by atoms with Crippen molar-refractivity contribution >= 4 is 11.8 Å². The summed E-state index contributed by atoms with van der Waals surface area (Å²) in [5.41, 5.74) is 8.95. The molecule has 0 fully saturated rings. The summed E-state index contributed by atoms with van der Waals surface area (Å²) in [6.07, 6.45) is 6.11. The fourth-order valence-electron chi connectivity index (χ4n) is 2.85. The monoisotopic (exact) mass is 303 g/mol. The highest BCUT2D eigenvalue weighted by atomic mass is 32.2. The van der Waals surface area contributed by atoms with Crippen LogP contribution in [0.3, 0.4) is 0 Å². The van der Waals surface area contributed by atoms with Gasteiger partial charge in [0.25, 0.3) is 0 Å². The molecular weight excluding hydrogens is 282 g/mol. The van der Waals surface area contributed by atoms with E-state index in [-0.39, 0.29) is 6.04 Å². The van der Waals surface area contributed by atoms with Crippen molar-refractivity contribution in [2.45, 2.75) is 37.6 Å². The predicted octanol–water partition coefficient (Wildman–Crippen LogP) is 3.10. The molecule has 2 N–H and O–H groups in total. The van der Waals surface area contributed by atoms with Gasteiger partial charge in [-0.3, -0.25) is 0 Å². The molecule has 0 amide bonds. The molecule has 4 nitrogen and oxygen atoms in total. The second-order valence-corrected chi connectivity index (χ2v) is 6.57. The molecule has 1 aromatic heterocycles. The van der Waals surface area contributed by atoms with Crippen LogP contribution in [0.15, 0.2) is 28.8 Å². The lowest BCUT2D eigenvalue weighted by molar-refractivity contribution is 0.345. The summed E-state index contributed by atoms with van der Waals surface area (Å²) in [6, 6.07) is 8.48. The molecule has 1 aliphatic carbocycles. The summed E-state index contributed by atoms with van der Waals surface area (Å²) >= 11 is 1.78. The highest BCUT2D eigenvalue weighted by Gasteiger charge is 2.25. The topological polar surface area (TPSA) is 64.9 Å². The van der Waals surface area contributed by atoms with E-state index in [1.54, 1.807) is 11.8 Å². The van der Waals surface area contributed by atoms with Gasteiger partial charge in [0.1, 0.15) is 0 Å². The third kappa shape index (κ3) is 3.30. The number of aryl methyl sites for hydroxylation is 1. The highest BCUT2D eigenvalue weighted by molar-refractivity contribution is 7.98. The summed E-state index contributed by atoms with van der Waals surface area (Å²) in [6.45, 7) is 0. The van der Waals surface area contributed by atoms with Crippen LogP contribution in [-0.4, -0.2) is 22.1 Å². The van der Waals surface area contributed by atoms with Crippen molar-refractivity contribution in [2.24, 2.45) is 5.73 Å². The zero-order valence-corrected chi connectivity index (χ0v) is 13.1. The normalized spacial score (nSPS) is 19.2. The van der Waals surface area contributed by atoms with E-state index in [2.05, 4.69) is 40.7 Å². The Morgan fingerprint density at radius 2 is 2.19 bits per heavy atom. The molecule has 1 aliphatic rings. The SMILES string of the molecule is CSCCC(N)c1nc(C2CCc3ccccc3C2)no1. The molecule has 3 rings (SSSR count). The molecule has 5 heteroatoms. The van der Waals surface area contributed by atoms with E-state index >= 15 is 0 Å². The minimum absolute atomic E-state index is 0.144. The van der Waals surface area contributed by atoms with E-state index < -0.39 is 0 Å². The molecular formula is C16H21N3OS. The van der Waals surface area contributed by atoms with Crippen LogP contribution in [0.2, 0.25) is 0 Å². The van der Waals surface area contributed by atoms with Crippen LogP contribution >= 0.6 is 11.8 Å². The molecule has 1 aromatic carbocycles. The first-order chi connectivity index (χ1) is 10.3. The second kappa shape index (κ2) is 6.62. The van der Waals surface area contributed by atoms with Crippen LogP contribution in [0, 0.1) is 0 Å². The maximum Gasteiger partial charge on any atom is 0.243 e. The molecule has 112 valence electrons. The van der Waals surface area contributed by atoms with Crippen molar-refractivity contribution in [2.75, 3.05) is 12.0 Å². The van der Waals surface area contributed by atoms with E-state index in [9.17, 15) is 0 Å². The van der Waals surface area contributed by atoms with Crippen molar-refractivity contribution in [3.63, 3.8) is 0 Å². The molecule has 2 unspecified atom stereocenters. The van der Waals surface area contributed by atoms with Gasteiger partial charge < -0.3 is 10.3 Å². The Bertz CT molecular complexity index is 599. The molecule has 0 radical (unpaired) electrons. The van der Waals surface area contributed by atoms with Gasteiger partial charge in [-0.25, -0.2) is 0 Å². The summed E-state index contributed by atoms with van der Waals surface area (Å²) < 4.78 is 5.37. The second-order valence-electron chi connectivity index (χ2n) is 5.59. The van der Waals surface area contributed by atoms with Gasteiger partial charge in [-0.2, -0.15) is 16.7 Å². The maximum absolute atomic E-state index is 6.09. The first-order valence-electron chi connectivity index (χ1n) is 7.42. The Hall–Kier alpha value is -1.33. The quantitative estimate of drug-likeness (QED) is 0.919. The number of benzene rings is 1. The average molecular weight is 303 g/mol. The number of hydrogen-bond acceptors (Lipinski definition) is 5. The lowest BCUT2D eigenvalue weighted by Gasteiger charge is -2.21. The Balaban J connectivity index is 1.70. The minimum Gasteiger partial charge on any atom is -0.338 e. The molecule has 2 atom stereocenters. The Morgan fingerprint density at radius 1 is 1.38 bits per heavy atom. The summed E-state index contributed by atoms with van der Waals surface area (Å²) in [7, 11) is 0. The number of aromatic nitrogens is 2. The zero-order chi connectivity index (χ0) is 14.7. The van der Waals surface area contributed by atoms with Gasteiger partial charge in [0.2, 0.25) is 5.89 Å². The van der Waals surface area contributed by atoms with E-state index in [1.165, 1.54) is 11.1 Å². The van der Waals surface area contributed by atoms with Crippen molar-refractivity contribution in [1.29, 1.82) is 0 Å². The molecule has 1 heterocycles. The molecule has 0 spiro atoms. The summed E-state index contributed by atoms with van der Waals surface area (Å²) in [5, 5.41) is 4.17. The van der Waals surface area contributed by atoms with Crippen molar-refractivity contribution in [1.82, 2.24) is 10.1 Å². The Morgan fingerprint density at radius 3 is 3.00 bits per heavy atom. The fraction of sp³-hybridized carbons (Fsp3) is 0.500. The predicted molar refractivity (Wildman–Crippen MR) is 85.4 cm³/mol. The van der Waals surface area contributed by atoms with Crippen molar-refractivity contribution in [3.05, 3.63) is 47.1 Å².